The van der Waals surface area contributed by atoms with Gasteiger partial charge in [0.15, 0.2) is 5.78 Å². The van der Waals surface area contributed by atoms with E-state index in [0.717, 1.165) is 10.8 Å². The monoisotopic (exact) mass is 281 g/mol. The van der Waals surface area contributed by atoms with E-state index < -0.39 is 0 Å². The highest BCUT2D eigenvalue weighted by molar-refractivity contribution is 6.33. The summed E-state index contributed by atoms with van der Waals surface area (Å²) in [4.78, 5) is 12.5. The van der Waals surface area contributed by atoms with Gasteiger partial charge in [-0.1, -0.05) is 48.0 Å². The van der Waals surface area contributed by atoms with Crippen molar-refractivity contribution in [2.45, 2.75) is 0 Å². The summed E-state index contributed by atoms with van der Waals surface area (Å²) in [6.45, 7) is 0. The van der Waals surface area contributed by atoms with E-state index in [9.17, 15) is 4.79 Å². The van der Waals surface area contributed by atoms with Crippen LogP contribution >= 0.6 is 11.6 Å². The van der Waals surface area contributed by atoms with E-state index >= 15 is 0 Å². The van der Waals surface area contributed by atoms with Gasteiger partial charge in [0, 0.05) is 11.1 Å². The molecule has 3 heteroatoms. The Morgan fingerprint density at radius 1 is 0.850 bits per heavy atom. The van der Waals surface area contributed by atoms with Gasteiger partial charge < -0.3 is 5.73 Å². The molecule has 3 aromatic carbocycles. The van der Waals surface area contributed by atoms with E-state index in [1.165, 1.54) is 0 Å². The number of halogens is 1. The Morgan fingerprint density at radius 2 is 1.50 bits per heavy atom. The number of carbonyl (C=O) groups is 1. The number of hydrogen-bond donors (Lipinski definition) is 1. The van der Waals surface area contributed by atoms with Crippen molar-refractivity contribution in [3.63, 3.8) is 0 Å². The number of fused-ring (bicyclic) bond motifs is 1. The predicted octanol–water partition coefficient (Wildman–Crippen LogP) is 4.31. The second-order valence-electron chi connectivity index (χ2n) is 4.63. The smallest absolute Gasteiger partial charge is 0.193 e. The van der Waals surface area contributed by atoms with Crippen LogP contribution in [0.2, 0.25) is 5.02 Å². The van der Waals surface area contributed by atoms with Crippen LogP contribution in [0.5, 0.6) is 0 Å². The minimum absolute atomic E-state index is 0.0577. The number of benzene rings is 3. The van der Waals surface area contributed by atoms with Crippen LogP contribution < -0.4 is 5.73 Å². The van der Waals surface area contributed by atoms with E-state index in [0.29, 0.717) is 21.8 Å². The molecule has 0 bridgehead atoms. The molecule has 0 aliphatic heterocycles. The Kier molecular flexibility index (Phi) is 3.17. The van der Waals surface area contributed by atoms with Gasteiger partial charge in [0.05, 0.1) is 10.7 Å². The third kappa shape index (κ3) is 2.26. The molecule has 0 atom stereocenters. The van der Waals surface area contributed by atoms with Crippen molar-refractivity contribution in [1.29, 1.82) is 0 Å². The van der Waals surface area contributed by atoms with Gasteiger partial charge in [0.2, 0.25) is 0 Å². The maximum atomic E-state index is 12.5. The van der Waals surface area contributed by atoms with Crippen molar-refractivity contribution >= 4 is 33.8 Å². The minimum atomic E-state index is -0.0577. The van der Waals surface area contributed by atoms with Crippen LogP contribution in [-0.2, 0) is 0 Å². The number of nitrogen functional groups attached to an aromatic ring is 1. The lowest BCUT2D eigenvalue weighted by Gasteiger charge is -2.05. The summed E-state index contributed by atoms with van der Waals surface area (Å²) in [5.41, 5.74) is 7.32. The molecule has 2 N–H and O–H groups in total. The van der Waals surface area contributed by atoms with E-state index in [1.54, 1.807) is 18.2 Å². The molecular formula is C17H12ClNO. The Labute approximate surface area is 121 Å². The first kappa shape index (κ1) is 12.7. The molecule has 0 spiro atoms. The number of carbonyl (C=O) groups excluding carboxylic acids is 1. The van der Waals surface area contributed by atoms with Gasteiger partial charge >= 0.3 is 0 Å². The van der Waals surface area contributed by atoms with Crippen LogP contribution in [0.3, 0.4) is 0 Å². The molecule has 0 amide bonds. The zero-order chi connectivity index (χ0) is 14.1. The van der Waals surface area contributed by atoms with Gasteiger partial charge in [-0.05, 0) is 35.0 Å². The molecule has 0 aromatic heterocycles. The first-order chi connectivity index (χ1) is 9.65. The maximum absolute atomic E-state index is 12.5. The van der Waals surface area contributed by atoms with Crippen LogP contribution in [0.4, 0.5) is 5.69 Å². The van der Waals surface area contributed by atoms with Crippen molar-refractivity contribution in [3.05, 3.63) is 76.8 Å². The fourth-order valence-corrected chi connectivity index (χ4v) is 2.35. The lowest BCUT2D eigenvalue weighted by Crippen LogP contribution is -2.01. The van der Waals surface area contributed by atoms with Crippen molar-refractivity contribution in [3.8, 4) is 0 Å². The van der Waals surface area contributed by atoms with Crippen LogP contribution in [0.25, 0.3) is 10.8 Å². The van der Waals surface area contributed by atoms with Gasteiger partial charge in [-0.25, -0.2) is 0 Å². The predicted molar refractivity (Wildman–Crippen MR) is 83.2 cm³/mol. The summed E-state index contributed by atoms with van der Waals surface area (Å²) in [7, 11) is 0. The third-order valence-corrected chi connectivity index (χ3v) is 3.60. The highest BCUT2D eigenvalue weighted by atomic mass is 35.5. The van der Waals surface area contributed by atoms with E-state index in [1.807, 2.05) is 42.5 Å². The van der Waals surface area contributed by atoms with Crippen molar-refractivity contribution in [1.82, 2.24) is 0 Å². The molecule has 20 heavy (non-hydrogen) atoms. The second-order valence-corrected chi connectivity index (χ2v) is 5.03. The highest BCUT2D eigenvalue weighted by Crippen LogP contribution is 2.23. The SMILES string of the molecule is Nc1ccc(C(=O)c2ccc3ccccc3c2)cc1Cl. The Balaban J connectivity index is 2.05. The average molecular weight is 282 g/mol. The van der Waals surface area contributed by atoms with E-state index in [2.05, 4.69) is 0 Å². The van der Waals surface area contributed by atoms with Gasteiger partial charge in [-0.3, -0.25) is 4.79 Å². The Bertz CT molecular complexity index is 811. The largest absolute Gasteiger partial charge is 0.398 e. The number of anilines is 1. The molecule has 0 aliphatic carbocycles. The zero-order valence-corrected chi connectivity index (χ0v) is 11.4. The molecule has 3 rings (SSSR count). The van der Waals surface area contributed by atoms with E-state index in [4.69, 9.17) is 17.3 Å². The van der Waals surface area contributed by atoms with Gasteiger partial charge in [-0.2, -0.15) is 0 Å². The summed E-state index contributed by atoms with van der Waals surface area (Å²) >= 11 is 5.96. The fourth-order valence-electron chi connectivity index (χ4n) is 2.17. The molecule has 0 unspecified atom stereocenters. The fraction of sp³-hybridized carbons (Fsp3) is 0. The molecule has 0 fully saturated rings. The number of rotatable bonds is 2. The molecule has 0 saturated carbocycles. The van der Waals surface area contributed by atoms with Crippen molar-refractivity contribution in [2.24, 2.45) is 0 Å². The Morgan fingerprint density at radius 3 is 2.25 bits per heavy atom. The van der Waals surface area contributed by atoms with Gasteiger partial charge in [-0.15, -0.1) is 0 Å². The molecule has 0 radical (unpaired) electrons. The van der Waals surface area contributed by atoms with Crippen LogP contribution in [-0.4, -0.2) is 5.78 Å². The maximum Gasteiger partial charge on any atom is 0.193 e. The molecule has 0 aliphatic rings. The molecule has 3 aromatic rings. The summed E-state index contributed by atoms with van der Waals surface area (Å²) in [5.74, 6) is -0.0577. The molecular weight excluding hydrogens is 270 g/mol. The average Bonchev–Trinajstić information content (AvgIpc) is 2.49. The molecule has 0 heterocycles. The quantitative estimate of drug-likeness (QED) is 0.562. The van der Waals surface area contributed by atoms with Gasteiger partial charge in [0.1, 0.15) is 0 Å². The highest BCUT2D eigenvalue weighted by Gasteiger charge is 2.11. The van der Waals surface area contributed by atoms with Crippen molar-refractivity contribution in [2.75, 3.05) is 5.73 Å². The van der Waals surface area contributed by atoms with Crippen LogP contribution in [0, 0.1) is 0 Å². The topological polar surface area (TPSA) is 43.1 Å². The first-order valence-electron chi connectivity index (χ1n) is 6.24. The second kappa shape index (κ2) is 4.99. The minimum Gasteiger partial charge on any atom is -0.398 e. The number of nitrogens with two attached hydrogens (primary N) is 1. The number of hydrogen-bond acceptors (Lipinski definition) is 2. The standard InChI is InChI=1S/C17H12ClNO/c18-15-10-14(7-8-16(15)19)17(20)13-6-5-11-3-1-2-4-12(11)9-13/h1-10H,19H2. The lowest BCUT2D eigenvalue weighted by molar-refractivity contribution is 0.103. The summed E-state index contributed by atoms with van der Waals surface area (Å²) in [6.07, 6.45) is 0. The lowest BCUT2D eigenvalue weighted by atomic mass is 10.00. The summed E-state index contributed by atoms with van der Waals surface area (Å²) < 4.78 is 0. The van der Waals surface area contributed by atoms with Crippen LogP contribution in [0.1, 0.15) is 15.9 Å². The number of ketones is 1. The van der Waals surface area contributed by atoms with Crippen molar-refractivity contribution < 1.29 is 4.79 Å². The molecule has 0 saturated heterocycles. The molecule has 98 valence electrons. The summed E-state index contributed by atoms with van der Waals surface area (Å²) in [6, 6.07) is 18.5. The van der Waals surface area contributed by atoms with E-state index in [-0.39, 0.29) is 5.78 Å². The third-order valence-electron chi connectivity index (χ3n) is 3.27. The molecule has 2 nitrogen and oxygen atoms in total. The zero-order valence-electron chi connectivity index (χ0n) is 10.6. The van der Waals surface area contributed by atoms with Crippen LogP contribution in [0.15, 0.2) is 60.7 Å². The van der Waals surface area contributed by atoms with Gasteiger partial charge in [0.25, 0.3) is 0 Å². The first-order valence-corrected chi connectivity index (χ1v) is 6.61. The Hall–Kier alpha value is -2.32. The normalized spacial score (nSPS) is 10.7. The summed E-state index contributed by atoms with van der Waals surface area (Å²) in [5, 5.41) is 2.55.